The van der Waals surface area contributed by atoms with Crippen molar-refractivity contribution in [3.05, 3.63) is 32.8 Å². The highest BCUT2D eigenvalue weighted by Gasteiger charge is 2.26. The fraction of sp³-hybridized carbons (Fsp3) is 0.500. The number of anilines is 1. The lowest BCUT2D eigenvalue weighted by atomic mass is 10.2. The molecule has 1 aromatic carbocycles. The van der Waals surface area contributed by atoms with Gasteiger partial charge in [-0.3, -0.25) is 10.1 Å². The van der Waals surface area contributed by atoms with E-state index in [2.05, 4.69) is 40.1 Å². The molecule has 6 heteroatoms. The van der Waals surface area contributed by atoms with Gasteiger partial charge in [-0.25, -0.2) is 0 Å². The first-order chi connectivity index (χ1) is 8.47. The Kier molecular flexibility index (Phi) is 3.87. The topological polar surface area (TPSA) is 58.4 Å². The minimum Gasteiger partial charge on any atom is -0.380 e. The van der Waals surface area contributed by atoms with E-state index in [0.29, 0.717) is 12.1 Å². The molecule has 5 nitrogen and oxygen atoms in total. The molecule has 0 spiro atoms. The standard InChI is InChI=1S/C12H16BrN3O2/c1-8-5-9(7-15(8)2)14-12-6-10(16(17)18)3-4-11(12)13/h3-4,6,8-9,14H,5,7H2,1-2H3. The lowest BCUT2D eigenvalue weighted by molar-refractivity contribution is -0.384. The maximum atomic E-state index is 10.8. The van der Waals surface area contributed by atoms with Crippen molar-refractivity contribution >= 4 is 27.3 Å². The van der Waals surface area contributed by atoms with Gasteiger partial charge in [0, 0.05) is 35.2 Å². The number of benzene rings is 1. The van der Waals surface area contributed by atoms with Crippen LogP contribution in [0.2, 0.25) is 0 Å². The quantitative estimate of drug-likeness (QED) is 0.688. The zero-order valence-corrected chi connectivity index (χ0v) is 12.0. The van der Waals surface area contributed by atoms with E-state index >= 15 is 0 Å². The molecular formula is C12H16BrN3O2. The van der Waals surface area contributed by atoms with Crippen LogP contribution in [0.3, 0.4) is 0 Å². The van der Waals surface area contributed by atoms with Crippen LogP contribution in [0.4, 0.5) is 11.4 Å². The zero-order valence-electron chi connectivity index (χ0n) is 10.4. The normalized spacial score (nSPS) is 24.2. The van der Waals surface area contributed by atoms with Crippen molar-refractivity contribution in [1.82, 2.24) is 4.90 Å². The van der Waals surface area contributed by atoms with Crippen LogP contribution < -0.4 is 5.32 Å². The van der Waals surface area contributed by atoms with Crippen LogP contribution in [0, 0.1) is 10.1 Å². The number of non-ortho nitro benzene ring substituents is 1. The van der Waals surface area contributed by atoms with Gasteiger partial charge < -0.3 is 10.2 Å². The third kappa shape index (κ3) is 2.81. The number of rotatable bonds is 3. The summed E-state index contributed by atoms with van der Waals surface area (Å²) in [6, 6.07) is 5.66. The van der Waals surface area contributed by atoms with Gasteiger partial charge in [0.25, 0.3) is 5.69 Å². The molecule has 0 saturated carbocycles. The molecule has 0 bridgehead atoms. The highest BCUT2D eigenvalue weighted by atomic mass is 79.9. The van der Waals surface area contributed by atoms with E-state index in [1.807, 2.05) is 0 Å². The summed E-state index contributed by atoms with van der Waals surface area (Å²) in [7, 11) is 2.09. The molecule has 0 aromatic heterocycles. The molecule has 98 valence electrons. The van der Waals surface area contributed by atoms with Crippen molar-refractivity contribution in [3.63, 3.8) is 0 Å². The summed E-state index contributed by atoms with van der Waals surface area (Å²) < 4.78 is 0.857. The molecule has 1 N–H and O–H groups in total. The Balaban J connectivity index is 2.14. The van der Waals surface area contributed by atoms with Crippen molar-refractivity contribution in [3.8, 4) is 0 Å². The summed E-state index contributed by atoms with van der Waals surface area (Å²) in [5, 5.41) is 14.1. The number of hydrogen-bond acceptors (Lipinski definition) is 4. The van der Waals surface area contributed by atoms with Gasteiger partial charge in [-0.2, -0.15) is 0 Å². The molecule has 1 heterocycles. The van der Waals surface area contributed by atoms with E-state index in [4.69, 9.17) is 0 Å². The number of nitrogens with zero attached hydrogens (tertiary/aromatic N) is 2. The predicted octanol–water partition coefficient (Wildman–Crippen LogP) is 2.86. The van der Waals surface area contributed by atoms with E-state index in [1.54, 1.807) is 12.1 Å². The number of hydrogen-bond donors (Lipinski definition) is 1. The van der Waals surface area contributed by atoms with Crippen LogP contribution in [0.5, 0.6) is 0 Å². The zero-order chi connectivity index (χ0) is 13.3. The minimum absolute atomic E-state index is 0.111. The van der Waals surface area contributed by atoms with Crippen molar-refractivity contribution in [1.29, 1.82) is 0 Å². The van der Waals surface area contributed by atoms with Crippen molar-refractivity contribution in [2.45, 2.75) is 25.4 Å². The summed E-state index contributed by atoms with van der Waals surface area (Å²) in [5.41, 5.74) is 0.900. The molecule has 18 heavy (non-hydrogen) atoms. The lowest BCUT2D eigenvalue weighted by Crippen LogP contribution is -2.25. The molecule has 0 amide bonds. The molecule has 1 aromatic rings. The second kappa shape index (κ2) is 5.24. The summed E-state index contributed by atoms with van der Waals surface area (Å²) in [6.45, 7) is 3.14. The fourth-order valence-electron chi connectivity index (χ4n) is 2.26. The second-order valence-electron chi connectivity index (χ2n) is 4.79. The van der Waals surface area contributed by atoms with Crippen LogP contribution in [0.1, 0.15) is 13.3 Å². The van der Waals surface area contributed by atoms with Crippen LogP contribution in [0.15, 0.2) is 22.7 Å². The third-order valence-corrected chi connectivity index (χ3v) is 4.10. The molecule has 1 aliphatic rings. The van der Waals surface area contributed by atoms with Crippen LogP contribution in [0.25, 0.3) is 0 Å². The number of likely N-dealkylation sites (tertiary alicyclic amines) is 1. The average molecular weight is 314 g/mol. The van der Waals surface area contributed by atoms with Gasteiger partial charge in [0.2, 0.25) is 0 Å². The van der Waals surface area contributed by atoms with Gasteiger partial charge in [-0.05, 0) is 42.4 Å². The summed E-state index contributed by atoms with van der Waals surface area (Å²) >= 11 is 3.42. The summed E-state index contributed by atoms with van der Waals surface area (Å²) in [6.07, 6.45) is 1.05. The Morgan fingerprint density at radius 2 is 2.28 bits per heavy atom. The molecule has 1 aliphatic heterocycles. The molecule has 2 atom stereocenters. The molecule has 2 unspecified atom stereocenters. The molecule has 2 rings (SSSR count). The minimum atomic E-state index is -0.374. The van der Waals surface area contributed by atoms with E-state index in [-0.39, 0.29) is 10.6 Å². The van der Waals surface area contributed by atoms with E-state index in [1.165, 1.54) is 6.07 Å². The Labute approximate surface area is 114 Å². The van der Waals surface area contributed by atoms with Gasteiger partial charge in [0.15, 0.2) is 0 Å². The highest BCUT2D eigenvalue weighted by Crippen LogP contribution is 2.29. The number of likely N-dealkylation sites (N-methyl/N-ethyl adjacent to an activating group) is 1. The van der Waals surface area contributed by atoms with Gasteiger partial charge in [-0.15, -0.1) is 0 Å². The van der Waals surface area contributed by atoms with Crippen LogP contribution in [-0.2, 0) is 0 Å². The number of halogens is 1. The van der Waals surface area contributed by atoms with Gasteiger partial charge >= 0.3 is 0 Å². The monoisotopic (exact) mass is 313 g/mol. The van der Waals surface area contributed by atoms with E-state index < -0.39 is 0 Å². The van der Waals surface area contributed by atoms with Gasteiger partial charge in [0.1, 0.15) is 0 Å². The Morgan fingerprint density at radius 3 is 2.83 bits per heavy atom. The van der Waals surface area contributed by atoms with Crippen LogP contribution in [-0.4, -0.2) is 35.5 Å². The fourth-order valence-corrected chi connectivity index (χ4v) is 2.62. The van der Waals surface area contributed by atoms with E-state index in [9.17, 15) is 10.1 Å². The maximum absolute atomic E-state index is 10.8. The second-order valence-corrected chi connectivity index (χ2v) is 5.64. The van der Waals surface area contributed by atoms with Gasteiger partial charge in [0.05, 0.1) is 10.6 Å². The van der Waals surface area contributed by atoms with Crippen molar-refractivity contribution in [2.24, 2.45) is 0 Å². The highest BCUT2D eigenvalue weighted by molar-refractivity contribution is 9.10. The molecule has 0 aliphatic carbocycles. The molecular weight excluding hydrogens is 298 g/mol. The first-order valence-corrected chi connectivity index (χ1v) is 6.67. The van der Waals surface area contributed by atoms with E-state index in [0.717, 1.165) is 23.1 Å². The first kappa shape index (κ1) is 13.3. The third-order valence-electron chi connectivity index (χ3n) is 3.41. The Bertz CT molecular complexity index is 457. The maximum Gasteiger partial charge on any atom is 0.271 e. The number of nitro benzene ring substituents is 1. The first-order valence-electron chi connectivity index (χ1n) is 5.88. The Hall–Kier alpha value is -1.14. The average Bonchev–Trinajstić information content (AvgIpc) is 2.61. The predicted molar refractivity (Wildman–Crippen MR) is 74.9 cm³/mol. The summed E-state index contributed by atoms with van der Waals surface area (Å²) in [4.78, 5) is 12.7. The number of nitro groups is 1. The van der Waals surface area contributed by atoms with Crippen LogP contribution >= 0.6 is 15.9 Å². The smallest absolute Gasteiger partial charge is 0.271 e. The molecule has 0 radical (unpaired) electrons. The van der Waals surface area contributed by atoms with Gasteiger partial charge in [-0.1, -0.05) is 0 Å². The lowest BCUT2D eigenvalue weighted by Gasteiger charge is -2.15. The molecule has 1 fully saturated rings. The van der Waals surface area contributed by atoms with Crippen molar-refractivity contribution < 1.29 is 4.92 Å². The largest absolute Gasteiger partial charge is 0.380 e. The Morgan fingerprint density at radius 1 is 1.56 bits per heavy atom. The number of nitrogens with one attached hydrogen (secondary N) is 1. The van der Waals surface area contributed by atoms with Crippen molar-refractivity contribution in [2.75, 3.05) is 18.9 Å². The molecule has 1 saturated heterocycles. The SMILES string of the molecule is CC1CC(Nc2cc([N+](=O)[O-])ccc2Br)CN1C. The summed E-state index contributed by atoms with van der Waals surface area (Å²) in [5.74, 6) is 0.